The highest BCUT2D eigenvalue weighted by Gasteiger charge is 2.21. The molecule has 0 radical (unpaired) electrons. The van der Waals surface area contributed by atoms with E-state index in [9.17, 15) is 5.11 Å². The molecule has 3 rings (SSSR count). The van der Waals surface area contributed by atoms with Gasteiger partial charge in [0.25, 0.3) is 0 Å². The first-order valence-electron chi connectivity index (χ1n) is 9.57. The summed E-state index contributed by atoms with van der Waals surface area (Å²) in [5.74, 6) is 1.33. The van der Waals surface area contributed by atoms with Crippen LogP contribution in [-0.2, 0) is 0 Å². The standard InChI is InChI=1S/C21H28ClN3O3/c1-27-20-4-2-3-5-21(20)28-15-19(26)14-25-12-10-18(11-13-25)24-23-17-8-6-16(22)7-9-17/h2-9,18-19,23-24,26H,10-15H2,1H3. The molecule has 1 aliphatic heterocycles. The summed E-state index contributed by atoms with van der Waals surface area (Å²) in [6.07, 6.45) is 1.49. The zero-order valence-electron chi connectivity index (χ0n) is 16.1. The van der Waals surface area contributed by atoms with Gasteiger partial charge in [0.05, 0.1) is 7.11 Å². The summed E-state index contributed by atoms with van der Waals surface area (Å²) in [6.45, 7) is 2.72. The lowest BCUT2D eigenvalue weighted by Gasteiger charge is -2.33. The van der Waals surface area contributed by atoms with Crippen LogP contribution in [0.5, 0.6) is 11.5 Å². The molecule has 28 heavy (non-hydrogen) atoms. The monoisotopic (exact) mass is 405 g/mol. The molecule has 2 aromatic carbocycles. The molecule has 1 atom stereocenters. The number of hydrogen-bond acceptors (Lipinski definition) is 6. The van der Waals surface area contributed by atoms with Gasteiger partial charge >= 0.3 is 0 Å². The highest BCUT2D eigenvalue weighted by Crippen LogP contribution is 2.25. The van der Waals surface area contributed by atoms with E-state index in [0.717, 1.165) is 36.6 Å². The molecule has 1 aliphatic rings. The van der Waals surface area contributed by atoms with Crippen molar-refractivity contribution in [2.24, 2.45) is 0 Å². The van der Waals surface area contributed by atoms with Crippen LogP contribution < -0.4 is 20.3 Å². The van der Waals surface area contributed by atoms with Crippen molar-refractivity contribution in [2.75, 3.05) is 38.8 Å². The number of rotatable bonds is 9. The van der Waals surface area contributed by atoms with E-state index < -0.39 is 6.10 Å². The lowest BCUT2D eigenvalue weighted by Crippen LogP contribution is -2.47. The van der Waals surface area contributed by atoms with Gasteiger partial charge in [0.1, 0.15) is 12.7 Å². The van der Waals surface area contributed by atoms with Crippen LogP contribution in [0.25, 0.3) is 0 Å². The first-order valence-corrected chi connectivity index (χ1v) is 9.95. The van der Waals surface area contributed by atoms with Crippen molar-refractivity contribution in [1.29, 1.82) is 0 Å². The van der Waals surface area contributed by atoms with Gasteiger partial charge in [0.2, 0.25) is 0 Å². The molecule has 0 bridgehead atoms. The van der Waals surface area contributed by atoms with Crippen LogP contribution >= 0.6 is 11.6 Å². The van der Waals surface area contributed by atoms with E-state index in [1.54, 1.807) is 7.11 Å². The van der Waals surface area contributed by atoms with Gasteiger partial charge in [-0.2, -0.15) is 0 Å². The van der Waals surface area contributed by atoms with Gasteiger partial charge in [-0.15, -0.1) is 0 Å². The Kier molecular flexibility index (Phi) is 7.80. The Morgan fingerprint density at radius 1 is 1.11 bits per heavy atom. The third-order valence-corrected chi connectivity index (χ3v) is 5.07. The molecule has 0 spiro atoms. The molecule has 1 saturated heterocycles. The predicted octanol–water partition coefficient (Wildman–Crippen LogP) is 3.17. The fraction of sp³-hybridized carbons (Fsp3) is 0.429. The summed E-state index contributed by atoms with van der Waals surface area (Å²) in [5.41, 5.74) is 7.60. The lowest BCUT2D eigenvalue weighted by molar-refractivity contribution is 0.0574. The quantitative estimate of drug-likeness (QED) is 0.557. The smallest absolute Gasteiger partial charge is 0.161 e. The van der Waals surface area contributed by atoms with E-state index in [-0.39, 0.29) is 6.61 Å². The molecule has 7 heteroatoms. The number of piperidine rings is 1. The first-order chi connectivity index (χ1) is 13.6. The van der Waals surface area contributed by atoms with Gasteiger partial charge in [-0.25, -0.2) is 5.43 Å². The van der Waals surface area contributed by atoms with Crippen molar-refractivity contribution in [3.05, 3.63) is 53.6 Å². The molecule has 2 aromatic rings. The maximum Gasteiger partial charge on any atom is 0.161 e. The number of β-amino-alcohol motifs (C(OH)–C–C–N with tert-alkyl or cyclic N) is 1. The van der Waals surface area contributed by atoms with Crippen molar-refractivity contribution < 1.29 is 14.6 Å². The average molecular weight is 406 g/mol. The van der Waals surface area contributed by atoms with Crippen molar-refractivity contribution in [1.82, 2.24) is 10.3 Å². The average Bonchev–Trinajstić information content (AvgIpc) is 2.73. The second kappa shape index (κ2) is 10.5. The molecule has 6 nitrogen and oxygen atoms in total. The maximum absolute atomic E-state index is 10.3. The molecular formula is C21H28ClN3O3. The highest BCUT2D eigenvalue weighted by atomic mass is 35.5. The van der Waals surface area contributed by atoms with Crippen LogP contribution in [0.2, 0.25) is 5.02 Å². The number of aliphatic hydroxyl groups excluding tert-OH is 1. The molecular weight excluding hydrogens is 378 g/mol. The van der Waals surface area contributed by atoms with Gasteiger partial charge in [0.15, 0.2) is 11.5 Å². The summed E-state index contributed by atoms with van der Waals surface area (Å²) < 4.78 is 11.0. The van der Waals surface area contributed by atoms with Crippen LogP contribution in [-0.4, -0.2) is 55.5 Å². The van der Waals surface area contributed by atoms with Crippen molar-refractivity contribution in [2.45, 2.75) is 25.0 Å². The van der Waals surface area contributed by atoms with Crippen LogP contribution in [0.15, 0.2) is 48.5 Å². The van der Waals surface area contributed by atoms with E-state index in [0.29, 0.717) is 24.1 Å². The fourth-order valence-corrected chi connectivity index (χ4v) is 3.38. The van der Waals surface area contributed by atoms with Crippen molar-refractivity contribution in [3.63, 3.8) is 0 Å². The largest absolute Gasteiger partial charge is 0.493 e. The Labute approximate surface area is 171 Å². The number of hydrogen-bond donors (Lipinski definition) is 3. The molecule has 0 aromatic heterocycles. The summed E-state index contributed by atoms with van der Waals surface area (Å²) in [5, 5.41) is 11.0. The fourth-order valence-electron chi connectivity index (χ4n) is 3.25. The van der Waals surface area contributed by atoms with Gasteiger partial charge < -0.3 is 24.9 Å². The predicted molar refractivity (Wildman–Crippen MR) is 112 cm³/mol. The molecule has 0 amide bonds. The lowest BCUT2D eigenvalue weighted by atomic mass is 10.1. The number of nitrogens with one attached hydrogen (secondary N) is 2. The van der Waals surface area contributed by atoms with E-state index >= 15 is 0 Å². The zero-order chi connectivity index (χ0) is 19.8. The third kappa shape index (κ3) is 6.27. The number of aliphatic hydroxyl groups is 1. The van der Waals surface area contributed by atoms with Gasteiger partial charge in [-0.05, 0) is 62.3 Å². The molecule has 0 aliphatic carbocycles. The molecule has 1 unspecified atom stereocenters. The van der Waals surface area contributed by atoms with Crippen LogP contribution in [0.1, 0.15) is 12.8 Å². The van der Waals surface area contributed by atoms with Crippen molar-refractivity contribution in [3.8, 4) is 11.5 Å². The summed E-state index contributed by atoms with van der Waals surface area (Å²) in [6, 6.07) is 15.5. The van der Waals surface area contributed by atoms with Crippen molar-refractivity contribution >= 4 is 17.3 Å². The number of ether oxygens (including phenoxy) is 2. The summed E-state index contributed by atoms with van der Waals surface area (Å²) >= 11 is 5.90. The first kappa shape index (κ1) is 20.7. The molecule has 3 N–H and O–H groups in total. The van der Waals surface area contributed by atoms with Crippen LogP contribution in [0, 0.1) is 0 Å². The van der Waals surface area contributed by atoms with Gasteiger partial charge in [-0.1, -0.05) is 23.7 Å². The third-order valence-electron chi connectivity index (χ3n) is 4.82. The van der Waals surface area contributed by atoms with Crippen LogP contribution in [0.4, 0.5) is 5.69 Å². The van der Waals surface area contributed by atoms with E-state index in [4.69, 9.17) is 21.1 Å². The number of benzene rings is 2. The Balaban J connectivity index is 1.35. The second-order valence-electron chi connectivity index (χ2n) is 6.97. The van der Waals surface area contributed by atoms with Gasteiger partial charge in [-0.3, -0.25) is 0 Å². The normalized spacial score (nSPS) is 16.5. The molecule has 1 heterocycles. The summed E-state index contributed by atoms with van der Waals surface area (Å²) in [7, 11) is 1.61. The minimum Gasteiger partial charge on any atom is -0.493 e. The SMILES string of the molecule is COc1ccccc1OCC(O)CN1CCC(NNc2ccc(Cl)cc2)CC1. The number of hydrazine groups is 1. The van der Waals surface area contributed by atoms with Crippen LogP contribution in [0.3, 0.4) is 0 Å². The Bertz CT molecular complexity index is 721. The summed E-state index contributed by atoms with van der Waals surface area (Å²) in [4.78, 5) is 2.27. The Hall–Kier alpha value is -1.99. The van der Waals surface area contributed by atoms with E-state index in [2.05, 4.69) is 15.8 Å². The number of likely N-dealkylation sites (tertiary alicyclic amines) is 1. The number of methoxy groups -OCH3 is 1. The highest BCUT2D eigenvalue weighted by molar-refractivity contribution is 6.30. The number of halogens is 1. The molecule has 152 valence electrons. The Morgan fingerprint density at radius 2 is 1.79 bits per heavy atom. The van der Waals surface area contributed by atoms with Gasteiger partial charge in [0, 0.05) is 23.3 Å². The minimum absolute atomic E-state index is 0.247. The number of anilines is 1. The Morgan fingerprint density at radius 3 is 2.46 bits per heavy atom. The topological polar surface area (TPSA) is 66.0 Å². The second-order valence-corrected chi connectivity index (χ2v) is 7.40. The zero-order valence-corrected chi connectivity index (χ0v) is 16.9. The molecule has 0 saturated carbocycles. The molecule has 1 fully saturated rings. The van der Waals surface area contributed by atoms with E-state index in [1.165, 1.54) is 0 Å². The van der Waals surface area contributed by atoms with E-state index in [1.807, 2.05) is 48.5 Å². The number of nitrogens with zero attached hydrogens (tertiary/aromatic N) is 1. The maximum atomic E-state index is 10.3. The number of para-hydroxylation sites is 2. The minimum atomic E-state index is -0.540.